The third-order valence-electron chi connectivity index (χ3n) is 2.78. The van der Waals surface area contributed by atoms with Crippen LogP contribution in [0.3, 0.4) is 0 Å². The first kappa shape index (κ1) is 14.7. The van der Waals surface area contributed by atoms with Crippen LogP contribution in [-0.2, 0) is 0 Å². The van der Waals surface area contributed by atoms with Gasteiger partial charge in [0.1, 0.15) is 0 Å². The first-order chi connectivity index (χ1) is 10.1. The van der Waals surface area contributed by atoms with Gasteiger partial charge in [-0.3, -0.25) is 14.6 Å². The van der Waals surface area contributed by atoms with Crippen LogP contribution in [0.15, 0.2) is 48.8 Å². The molecule has 0 saturated carbocycles. The van der Waals surface area contributed by atoms with Crippen molar-refractivity contribution in [3.63, 3.8) is 0 Å². The minimum Gasteiger partial charge on any atom is -0.350 e. The number of nitrogens with one attached hydrogen (secondary N) is 2. The zero-order valence-corrected chi connectivity index (χ0v) is 12.0. The summed E-state index contributed by atoms with van der Waals surface area (Å²) in [6.07, 6.45) is 3.10. The first-order valence-corrected chi connectivity index (χ1v) is 6.69. The average molecular weight is 283 g/mol. The predicted molar refractivity (Wildman–Crippen MR) is 81.2 cm³/mol. The maximum atomic E-state index is 12.1. The smallest absolute Gasteiger partial charge is 0.255 e. The molecule has 0 aliphatic heterocycles. The molecule has 5 nitrogen and oxygen atoms in total. The van der Waals surface area contributed by atoms with Gasteiger partial charge in [0.2, 0.25) is 0 Å². The first-order valence-electron chi connectivity index (χ1n) is 6.69. The van der Waals surface area contributed by atoms with Gasteiger partial charge in [0.25, 0.3) is 11.8 Å². The number of rotatable bonds is 4. The molecule has 1 heterocycles. The number of pyridine rings is 1. The summed E-state index contributed by atoms with van der Waals surface area (Å²) in [4.78, 5) is 28.1. The quantitative estimate of drug-likeness (QED) is 0.905. The van der Waals surface area contributed by atoms with E-state index in [0.717, 1.165) is 0 Å². The second-order valence-electron chi connectivity index (χ2n) is 4.86. The van der Waals surface area contributed by atoms with E-state index in [4.69, 9.17) is 0 Å². The summed E-state index contributed by atoms with van der Waals surface area (Å²) in [7, 11) is 0. The molecule has 0 unspecified atom stereocenters. The van der Waals surface area contributed by atoms with Gasteiger partial charge < -0.3 is 10.6 Å². The van der Waals surface area contributed by atoms with Crippen LogP contribution >= 0.6 is 0 Å². The Hall–Kier alpha value is -2.69. The number of carbonyl (C=O) groups excluding carboxylic acids is 2. The van der Waals surface area contributed by atoms with Crippen LogP contribution in [0.25, 0.3) is 0 Å². The highest BCUT2D eigenvalue weighted by molar-refractivity contribution is 6.08. The molecule has 0 saturated heterocycles. The van der Waals surface area contributed by atoms with Crippen molar-refractivity contribution in [2.45, 2.75) is 19.9 Å². The van der Waals surface area contributed by atoms with Crippen LogP contribution in [-0.4, -0.2) is 22.8 Å². The Morgan fingerprint density at radius 1 is 1.00 bits per heavy atom. The topological polar surface area (TPSA) is 71.1 Å². The van der Waals surface area contributed by atoms with Crippen LogP contribution in [0, 0.1) is 0 Å². The zero-order valence-electron chi connectivity index (χ0n) is 12.0. The van der Waals surface area contributed by atoms with Gasteiger partial charge in [-0.2, -0.15) is 0 Å². The molecule has 2 aromatic rings. The Bertz CT molecular complexity index is 639. The van der Waals surface area contributed by atoms with Crippen molar-refractivity contribution in [1.29, 1.82) is 0 Å². The van der Waals surface area contributed by atoms with Crippen molar-refractivity contribution in [3.8, 4) is 0 Å². The summed E-state index contributed by atoms with van der Waals surface area (Å²) in [5.41, 5.74) is 1.41. The monoisotopic (exact) mass is 283 g/mol. The molecule has 1 aromatic carbocycles. The Morgan fingerprint density at radius 3 is 2.33 bits per heavy atom. The summed E-state index contributed by atoms with van der Waals surface area (Å²) in [5.74, 6) is -0.488. The molecule has 2 N–H and O–H groups in total. The standard InChI is InChI=1S/C16H17N3O2/c1-11(2)18-16(21)13-5-3-4-6-14(13)19-15(20)12-7-9-17-10-8-12/h3-11H,1-2H3,(H,18,21)(H,19,20). The third kappa shape index (κ3) is 3.89. The van der Waals surface area contributed by atoms with Gasteiger partial charge in [-0.1, -0.05) is 12.1 Å². The van der Waals surface area contributed by atoms with E-state index < -0.39 is 0 Å². The normalized spacial score (nSPS) is 10.2. The molecule has 0 aliphatic carbocycles. The lowest BCUT2D eigenvalue weighted by Gasteiger charge is -2.13. The molecule has 21 heavy (non-hydrogen) atoms. The van der Waals surface area contributed by atoms with Crippen LogP contribution in [0.4, 0.5) is 5.69 Å². The van der Waals surface area contributed by atoms with Gasteiger partial charge in [-0.25, -0.2) is 0 Å². The highest BCUT2D eigenvalue weighted by Crippen LogP contribution is 2.16. The van der Waals surface area contributed by atoms with Crippen LogP contribution < -0.4 is 10.6 Å². The van der Waals surface area contributed by atoms with E-state index in [0.29, 0.717) is 16.8 Å². The van der Waals surface area contributed by atoms with Gasteiger partial charge in [0.15, 0.2) is 0 Å². The molecular formula is C16H17N3O2. The molecule has 0 bridgehead atoms. The Morgan fingerprint density at radius 2 is 1.67 bits per heavy atom. The SMILES string of the molecule is CC(C)NC(=O)c1ccccc1NC(=O)c1ccncc1. The number of aromatic nitrogens is 1. The summed E-state index contributed by atoms with van der Waals surface area (Å²) in [6, 6.07) is 10.2. The van der Waals surface area contributed by atoms with Crippen molar-refractivity contribution in [3.05, 3.63) is 59.9 Å². The predicted octanol–water partition coefficient (Wildman–Crippen LogP) is 2.47. The fourth-order valence-electron chi connectivity index (χ4n) is 1.83. The number of anilines is 1. The highest BCUT2D eigenvalue weighted by Gasteiger charge is 2.14. The molecule has 0 atom stereocenters. The van der Waals surface area contributed by atoms with Gasteiger partial charge in [-0.05, 0) is 38.1 Å². The van der Waals surface area contributed by atoms with Crippen molar-refractivity contribution >= 4 is 17.5 Å². The minimum atomic E-state index is -0.276. The zero-order chi connectivity index (χ0) is 15.2. The number of hydrogen-bond donors (Lipinski definition) is 2. The van der Waals surface area contributed by atoms with E-state index in [9.17, 15) is 9.59 Å². The molecule has 2 amide bonds. The van der Waals surface area contributed by atoms with Gasteiger partial charge in [-0.15, -0.1) is 0 Å². The number of benzene rings is 1. The van der Waals surface area contributed by atoms with E-state index in [-0.39, 0.29) is 17.9 Å². The molecule has 0 radical (unpaired) electrons. The van der Waals surface area contributed by atoms with E-state index in [1.165, 1.54) is 0 Å². The molecule has 0 aliphatic rings. The highest BCUT2D eigenvalue weighted by atomic mass is 16.2. The lowest BCUT2D eigenvalue weighted by atomic mass is 10.1. The molecule has 0 spiro atoms. The van der Waals surface area contributed by atoms with Crippen molar-refractivity contribution in [1.82, 2.24) is 10.3 Å². The number of carbonyl (C=O) groups is 2. The molecule has 108 valence electrons. The lowest BCUT2D eigenvalue weighted by Crippen LogP contribution is -2.31. The van der Waals surface area contributed by atoms with E-state index >= 15 is 0 Å². The summed E-state index contributed by atoms with van der Waals surface area (Å²) < 4.78 is 0. The Balaban J connectivity index is 2.21. The molecular weight excluding hydrogens is 266 g/mol. The average Bonchev–Trinajstić information content (AvgIpc) is 2.48. The van der Waals surface area contributed by atoms with Gasteiger partial charge in [0, 0.05) is 24.0 Å². The van der Waals surface area contributed by atoms with Crippen LogP contribution in [0.5, 0.6) is 0 Å². The Labute approximate surface area is 123 Å². The lowest BCUT2D eigenvalue weighted by molar-refractivity contribution is 0.0944. The van der Waals surface area contributed by atoms with Crippen molar-refractivity contribution in [2.24, 2.45) is 0 Å². The number of hydrogen-bond acceptors (Lipinski definition) is 3. The van der Waals surface area contributed by atoms with E-state index in [2.05, 4.69) is 15.6 Å². The summed E-state index contributed by atoms with van der Waals surface area (Å²) >= 11 is 0. The van der Waals surface area contributed by atoms with Crippen molar-refractivity contribution < 1.29 is 9.59 Å². The fourth-order valence-corrected chi connectivity index (χ4v) is 1.83. The number of para-hydroxylation sites is 1. The number of amides is 2. The molecule has 1 aromatic heterocycles. The van der Waals surface area contributed by atoms with Gasteiger partial charge in [0.05, 0.1) is 11.3 Å². The fraction of sp³-hybridized carbons (Fsp3) is 0.188. The minimum absolute atomic E-state index is 0.0291. The maximum absolute atomic E-state index is 12.1. The van der Waals surface area contributed by atoms with Crippen LogP contribution in [0.2, 0.25) is 0 Å². The van der Waals surface area contributed by atoms with Gasteiger partial charge >= 0.3 is 0 Å². The number of nitrogens with zero attached hydrogens (tertiary/aromatic N) is 1. The van der Waals surface area contributed by atoms with E-state index in [1.54, 1.807) is 48.8 Å². The van der Waals surface area contributed by atoms with Crippen LogP contribution in [0.1, 0.15) is 34.6 Å². The van der Waals surface area contributed by atoms with Crippen molar-refractivity contribution in [2.75, 3.05) is 5.32 Å². The molecule has 2 rings (SSSR count). The second kappa shape index (κ2) is 6.65. The maximum Gasteiger partial charge on any atom is 0.255 e. The van der Waals surface area contributed by atoms with E-state index in [1.807, 2.05) is 13.8 Å². The molecule has 5 heteroatoms. The summed E-state index contributed by atoms with van der Waals surface area (Å²) in [5, 5.41) is 5.57. The molecule has 0 fully saturated rings. The Kier molecular flexibility index (Phi) is 4.66. The summed E-state index contributed by atoms with van der Waals surface area (Å²) in [6.45, 7) is 3.77. The third-order valence-corrected chi connectivity index (χ3v) is 2.78. The second-order valence-corrected chi connectivity index (χ2v) is 4.86. The largest absolute Gasteiger partial charge is 0.350 e.